The molecule has 0 bridgehead atoms. The largest absolute Gasteiger partial charge is 0.461 e. The summed E-state index contributed by atoms with van der Waals surface area (Å²) in [5, 5.41) is 19.5. The van der Waals surface area contributed by atoms with E-state index in [0.717, 1.165) is 69.1 Å². The van der Waals surface area contributed by atoms with Crippen LogP contribution in [0.3, 0.4) is 0 Å². The predicted octanol–water partition coefficient (Wildman–Crippen LogP) is 14.9. The minimum absolute atomic E-state index is 0.0184. The molecule has 63 heavy (non-hydrogen) atoms. The molecular weight excluding hydrogens is 807 g/mol. The standard InChI is InChI=1S/C54H103NO7S/c1-4-7-10-13-16-19-22-25-28-31-34-37-40-43-50(58)54(48-63,53(61)62-47-49(57)46-56)55(51(59)44-41-38-35-32-29-26-23-20-17-14-11-8-5-2)52(60)45-42-39-36-33-30-27-24-21-18-15-12-9-6-3/h49,56-57,63H,4-48H2,1-3H3/t49?,54-/m1/s1. The first-order chi connectivity index (χ1) is 30.8. The van der Waals surface area contributed by atoms with E-state index in [4.69, 9.17) is 4.74 Å². The third kappa shape index (κ3) is 32.8. The quantitative estimate of drug-likeness (QED) is 0.0241. The van der Waals surface area contributed by atoms with Gasteiger partial charge in [0.25, 0.3) is 0 Å². The van der Waals surface area contributed by atoms with Crippen LogP contribution < -0.4 is 0 Å². The molecule has 2 N–H and O–H groups in total. The summed E-state index contributed by atoms with van der Waals surface area (Å²) in [4.78, 5) is 57.9. The fourth-order valence-electron chi connectivity index (χ4n) is 8.78. The predicted molar refractivity (Wildman–Crippen MR) is 268 cm³/mol. The highest BCUT2D eigenvalue weighted by atomic mass is 32.1. The van der Waals surface area contributed by atoms with Crippen LogP contribution in [0.1, 0.15) is 290 Å². The van der Waals surface area contributed by atoms with Crippen molar-refractivity contribution in [3.8, 4) is 0 Å². The molecule has 2 amide bonds. The molecule has 0 saturated carbocycles. The van der Waals surface area contributed by atoms with E-state index >= 15 is 0 Å². The van der Waals surface area contributed by atoms with Gasteiger partial charge in [-0.3, -0.25) is 19.3 Å². The smallest absolute Gasteiger partial charge is 0.341 e. The van der Waals surface area contributed by atoms with E-state index in [2.05, 4.69) is 33.4 Å². The zero-order valence-electron chi connectivity index (χ0n) is 41.7. The molecular formula is C54H103NO7S. The summed E-state index contributed by atoms with van der Waals surface area (Å²) in [5.41, 5.74) is -2.23. The fourth-order valence-corrected chi connectivity index (χ4v) is 9.23. The average Bonchev–Trinajstić information content (AvgIpc) is 3.28. The topological polar surface area (TPSA) is 121 Å². The highest BCUT2D eigenvalue weighted by Gasteiger charge is 2.55. The van der Waals surface area contributed by atoms with E-state index in [1.165, 1.54) is 167 Å². The molecule has 0 aliphatic carbocycles. The van der Waals surface area contributed by atoms with Crippen LogP contribution in [0.25, 0.3) is 0 Å². The number of unbranched alkanes of at least 4 members (excludes halogenated alkanes) is 36. The Kier molecular flexibility index (Phi) is 44.6. The Balaban J connectivity index is 5.55. The molecule has 0 spiro atoms. The van der Waals surface area contributed by atoms with Crippen LogP contribution in [0.2, 0.25) is 0 Å². The third-order valence-corrected chi connectivity index (χ3v) is 13.5. The summed E-state index contributed by atoms with van der Waals surface area (Å²) in [6, 6.07) is 0. The molecule has 0 rings (SSSR count). The van der Waals surface area contributed by atoms with Gasteiger partial charge >= 0.3 is 5.97 Å². The van der Waals surface area contributed by atoms with Crippen molar-refractivity contribution in [1.29, 1.82) is 0 Å². The maximum atomic E-state index is 14.4. The van der Waals surface area contributed by atoms with Gasteiger partial charge in [0.2, 0.25) is 17.4 Å². The number of thiol groups is 1. The van der Waals surface area contributed by atoms with E-state index in [9.17, 15) is 29.4 Å². The number of Topliss-reactive ketones (excluding diaryl/α,β-unsaturated/α-hetero) is 1. The lowest BCUT2D eigenvalue weighted by Crippen LogP contribution is -2.66. The first-order valence-electron chi connectivity index (χ1n) is 27.2. The second-order valence-electron chi connectivity index (χ2n) is 19.0. The lowest BCUT2D eigenvalue weighted by atomic mass is 9.88. The Morgan fingerprint density at radius 2 is 0.698 bits per heavy atom. The number of nitrogens with zero attached hydrogens (tertiary/aromatic N) is 1. The summed E-state index contributed by atoms with van der Waals surface area (Å²) in [6.07, 6.45) is 43.8. The molecule has 372 valence electrons. The first-order valence-corrected chi connectivity index (χ1v) is 27.9. The molecule has 0 radical (unpaired) electrons. The molecule has 9 heteroatoms. The van der Waals surface area contributed by atoms with Crippen molar-refractivity contribution in [3.63, 3.8) is 0 Å². The van der Waals surface area contributed by atoms with Gasteiger partial charge in [0, 0.05) is 25.0 Å². The minimum Gasteiger partial charge on any atom is -0.461 e. The number of carbonyl (C=O) groups is 4. The number of ketones is 1. The number of ether oxygens (including phenoxy) is 1. The number of esters is 1. The number of imide groups is 1. The molecule has 0 fully saturated rings. The molecule has 0 aliphatic heterocycles. The fraction of sp³-hybridized carbons (Fsp3) is 0.926. The second-order valence-corrected chi connectivity index (χ2v) is 19.3. The van der Waals surface area contributed by atoms with Crippen molar-refractivity contribution in [1.82, 2.24) is 4.90 Å². The zero-order valence-corrected chi connectivity index (χ0v) is 42.6. The van der Waals surface area contributed by atoms with Crippen molar-refractivity contribution in [2.45, 2.75) is 302 Å². The number of amides is 2. The SMILES string of the molecule is CCCCCCCCCCCCCCCC(=O)N(C(=O)CCCCCCCCCCCCCCC)[C@](CS)(C(=O)CCCCCCCCCCCCCCC)C(=O)OCC(O)CO. The van der Waals surface area contributed by atoms with Gasteiger partial charge in [-0.05, 0) is 19.3 Å². The van der Waals surface area contributed by atoms with Gasteiger partial charge in [-0.25, -0.2) is 4.79 Å². The third-order valence-electron chi connectivity index (χ3n) is 13.0. The van der Waals surface area contributed by atoms with Crippen LogP contribution >= 0.6 is 12.6 Å². The van der Waals surface area contributed by atoms with E-state index < -0.39 is 54.2 Å². The molecule has 1 unspecified atom stereocenters. The van der Waals surface area contributed by atoms with Gasteiger partial charge in [0.05, 0.1) is 6.61 Å². The highest BCUT2D eigenvalue weighted by Crippen LogP contribution is 2.29. The highest BCUT2D eigenvalue weighted by molar-refractivity contribution is 7.80. The van der Waals surface area contributed by atoms with Crippen LogP contribution in [0.4, 0.5) is 0 Å². The molecule has 2 atom stereocenters. The Labute approximate surface area is 394 Å². The molecule has 8 nitrogen and oxygen atoms in total. The number of carbonyl (C=O) groups excluding carboxylic acids is 4. The summed E-state index contributed by atoms with van der Waals surface area (Å²) < 4.78 is 5.45. The second kappa shape index (κ2) is 45.7. The molecule has 0 saturated heterocycles. The lowest BCUT2D eigenvalue weighted by molar-refractivity contribution is -0.174. The van der Waals surface area contributed by atoms with Crippen molar-refractivity contribution >= 4 is 36.2 Å². The number of aliphatic hydroxyl groups excluding tert-OH is 2. The van der Waals surface area contributed by atoms with Crippen molar-refractivity contribution in [3.05, 3.63) is 0 Å². The van der Waals surface area contributed by atoms with Crippen LogP contribution in [0.5, 0.6) is 0 Å². The van der Waals surface area contributed by atoms with E-state index in [1.807, 2.05) is 0 Å². The summed E-state index contributed by atoms with van der Waals surface area (Å²) >= 11 is 4.53. The van der Waals surface area contributed by atoms with Crippen LogP contribution in [0.15, 0.2) is 0 Å². The van der Waals surface area contributed by atoms with Crippen LogP contribution in [0, 0.1) is 0 Å². The van der Waals surface area contributed by atoms with E-state index in [1.54, 1.807) is 0 Å². The first kappa shape index (κ1) is 61.5. The summed E-state index contributed by atoms with van der Waals surface area (Å²) in [6.45, 7) is 5.56. The summed E-state index contributed by atoms with van der Waals surface area (Å²) in [5.74, 6) is -3.06. The molecule has 0 heterocycles. The summed E-state index contributed by atoms with van der Waals surface area (Å²) in [7, 11) is 0. The maximum absolute atomic E-state index is 14.4. The van der Waals surface area contributed by atoms with Gasteiger partial charge in [-0.2, -0.15) is 12.6 Å². The molecule has 0 aliphatic rings. The van der Waals surface area contributed by atoms with Gasteiger partial charge < -0.3 is 14.9 Å². The Hall–Kier alpha value is -1.45. The normalized spacial score (nSPS) is 12.9. The minimum atomic E-state index is -2.23. The van der Waals surface area contributed by atoms with Crippen molar-refractivity contribution in [2.75, 3.05) is 19.0 Å². The van der Waals surface area contributed by atoms with Crippen molar-refractivity contribution < 1.29 is 34.1 Å². The zero-order chi connectivity index (χ0) is 46.5. The maximum Gasteiger partial charge on any atom is 0.341 e. The number of hydrogen-bond acceptors (Lipinski definition) is 8. The molecule has 0 aromatic heterocycles. The van der Waals surface area contributed by atoms with Crippen LogP contribution in [-0.2, 0) is 23.9 Å². The lowest BCUT2D eigenvalue weighted by Gasteiger charge is -2.38. The molecule has 0 aromatic carbocycles. The average molecular weight is 910 g/mol. The number of aliphatic hydroxyl groups is 2. The van der Waals surface area contributed by atoms with Crippen LogP contribution in [-0.4, -0.2) is 69.3 Å². The Morgan fingerprint density at radius 3 is 0.952 bits per heavy atom. The van der Waals surface area contributed by atoms with Gasteiger partial charge in [-0.15, -0.1) is 0 Å². The Bertz CT molecular complexity index is 1030. The van der Waals surface area contributed by atoms with E-state index in [0.29, 0.717) is 19.3 Å². The molecule has 0 aromatic rings. The van der Waals surface area contributed by atoms with Gasteiger partial charge in [0.15, 0.2) is 5.78 Å². The monoisotopic (exact) mass is 910 g/mol. The van der Waals surface area contributed by atoms with Crippen molar-refractivity contribution in [2.24, 2.45) is 0 Å². The van der Waals surface area contributed by atoms with Gasteiger partial charge in [-0.1, -0.05) is 252 Å². The van der Waals surface area contributed by atoms with Gasteiger partial charge in [0.1, 0.15) is 12.7 Å². The number of rotatable bonds is 49. The number of hydrogen-bond donors (Lipinski definition) is 3. The Morgan fingerprint density at radius 1 is 0.444 bits per heavy atom. The van der Waals surface area contributed by atoms with E-state index in [-0.39, 0.29) is 19.3 Å².